The molecule has 1 aromatic rings. The normalized spacial score (nSPS) is 12.7. The van der Waals surface area contributed by atoms with Crippen LogP contribution in [0.2, 0.25) is 0 Å². The fourth-order valence-corrected chi connectivity index (χ4v) is 2.45. The number of nitrogens with one attached hydrogen (secondary N) is 1. The summed E-state index contributed by atoms with van der Waals surface area (Å²) in [6.45, 7) is 3.65. The maximum absolute atomic E-state index is 11.6. The molecule has 0 fully saturated rings. The number of unbranched alkanes of at least 4 members (excludes halogenated alkanes) is 1. The topological polar surface area (TPSA) is 98.5 Å². The van der Waals surface area contributed by atoms with Crippen LogP contribution in [0.4, 0.5) is 0 Å². The van der Waals surface area contributed by atoms with E-state index in [4.69, 9.17) is 10.5 Å². The molecule has 130 valence electrons. The molecule has 0 aromatic heterocycles. The maximum atomic E-state index is 11.6. The molecular formula is C16H26N2O4S. The molecule has 7 heteroatoms. The molecule has 0 spiro atoms. The molecule has 1 atom stereocenters. The van der Waals surface area contributed by atoms with Crippen molar-refractivity contribution in [3.63, 3.8) is 0 Å². The van der Waals surface area contributed by atoms with Gasteiger partial charge in [-0.05, 0) is 49.6 Å². The summed E-state index contributed by atoms with van der Waals surface area (Å²) in [6, 6.07) is 6.32. The first-order chi connectivity index (χ1) is 10.8. The van der Waals surface area contributed by atoms with Gasteiger partial charge in [0.1, 0.15) is 5.75 Å². The van der Waals surface area contributed by atoms with Crippen LogP contribution in [0.5, 0.6) is 5.75 Å². The van der Waals surface area contributed by atoms with Gasteiger partial charge >= 0.3 is 0 Å². The van der Waals surface area contributed by atoms with Crippen molar-refractivity contribution in [1.82, 2.24) is 5.32 Å². The van der Waals surface area contributed by atoms with E-state index in [1.807, 2.05) is 6.92 Å². The van der Waals surface area contributed by atoms with Gasteiger partial charge in [0.15, 0.2) is 9.84 Å². The molecule has 1 unspecified atom stereocenters. The fourth-order valence-electron chi connectivity index (χ4n) is 1.82. The summed E-state index contributed by atoms with van der Waals surface area (Å²) in [7, 11) is -3.18. The Morgan fingerprint density at radius 3 is 2.48 bits per heavy atom. The Balaban J connectivity index is 2.19. The third-order valence-corrected chi connectivity index (χ3v) is 4.50. The van der Waals surface area contributed by atoms with Crippen LogP contribution in [-0.2, 0) is 14.6 Å². The molecule has 0 saturated heterocycles. The number of carbonyl (C=O) groups is 1. The molecule has 3 N–H and O–H groups in total. The summed E-state index contributed by atoms with van der Waals surface area (Å²) in [5.41, 5.74) is 5.49. The van der Waals surface area contributed by atoms with Gasteiger partial charge in [-0.3, -0.25) is 4.79 Å². The van der Waals surface area contributed by atoms with E-state index < -0.39 is 9.84 Å². The number of hydrogen-bond acceptors (Lipinski definition) is 5. The molecule has 0 aliphatic heterocycles. The second kappa shape index (κ2) is 9.52. The number of carbonyl (C=O) groups excluding carboxylic acids is 1. The van der Waals surface area contributed by atoms with Gasteiger partial charge in [0.2, 0.25) is 5.91 Å². The number of hydrogen-bond donors (Lipinski definition) is 2. The molecule has 0 bridgehead atoms. The Morgan fingerprint density at radius 2 is 1.91 bits per heavy atom. The molecule has 1 rings (SSSR count). The number of rotatable bonds is 10. The largest absolute Gasteiger partial charge is 0.494 e. The molecule has 23 heavy (non-hydrogen) atoms. The van der Waals surface area contributed by atoms with E-state index in [1.165, 1.54) is 18.4 Å². The highest BCUT2D eigenvalue weighted by molar-refractivity contribution is 7.90. The zero-order chi connectivity index (χ0) is 17.3. The second-order valence-corrected chi connectivity index (χ2v) is 7.71. The van der Waals surface area contributed by atoms with E-state index >= 15 is 0 Å². The predicted octanol–water partition coefficient (Wildman–Crippen LogP) is 1.35. The number of ether oxygens (including phenoxy) is 1. The lowest BCUT2D eigenvalue weighted by molar-refractivity contribution is -0.121. The molecule has 6 nitrogen and oxygen atoms in total. The predicted molar refractivity (Wildman–Crippen MR) is 90.1 cm³/mol. The van der Waals surface area contributed by atoms with Crippen molar-refractivity contribution in [3.05, 3.63) is 24.3 Å². The monoisotopic (exact) mass is 342 g/mol. The van der Waals surface area contributed by atoms with Crippen molar-refractivity contribution >= 4 is 15.7 Å². The van der Waals surface area contributed by atoms with Crippen molar-refractivity contribution in [2.75, 3.05) is 26.0 Å². The first kappa shape index (κ1) is 19.4. The van der Waals surface area contributed by atoms with Crippen molar-refractivity contribution in [1.29, 1.82) is 0 Å². The van der Waals surface area contributed by atoms with Crippen LogP contribution in [0.25, 0.3) is 0 Å². The van der Waals surface area contributed by atoms with E-state index in [-0.39, 0.29) is 16.7 Å². The average molecular weight is 342 g/mol. The van der Waals surface area contributed by atoms with Crippen LogP contribution < -0.4 is 15.8 Å². The van der Waals surface area contributed by atoms with Crippen LogP contribution >= 0.6 is 0 Å². The Morgan fingerprint density at radius 1 is 1.26 bits per heavy atom. The average Bonchev–Trinajstić information content (AvgIpc) is 2.51. The lowest BCUT2D eigenvalue weighted by atomic mass is 10.2. The van der Waals surface area contributed by atoms with Crippen LogP contribution in [0.15, 0.2) is 29.2 Å². The van der Waals surface area contributed by atoms with Crippen molar-refractivity contribution in [2.45, 2.75) is 31.1 Å². The highest BCUT2D eigenvalue weighted by Gasteiger charge is 2.07. The number of benzene rings is 1. The molecule has 1 amide bonds. The fraction of sp³-hybridized carbons (Fsp3) is 0.562. The second-order valence-electron chi connectivity index (χ2n) is 5.69. The minimum atomic E-state index is -3.18. The summed E-state index contributed by atoms with van der Waals surface area (Å²) in [5.74, 6) is 0.943. The Hall–Kier alpha value is -1.60. The molecule has 0 aliphatic rings. The minimum Gasteiger partial charge on any atom is -0.494 e. The SMILES string of the molecule is CC(CN)CNC(=O)CCCCOc1ccc(S(C)(=O)=O)cc1. The Labute approximate surface area is 138 Å². The highest BCUT2D eigenvalue weighted by atomic mass is 32.2. The van der Waals surface area contributed by atoms with Crippen molar-refractivity contribution < 1.29 is 17.9 Å². The first-order valence-electron chi connectivity index (χ1n) is 7.72. The first-order valence-corrected chi connectivity index (χ1v) is 9.61. The van der Waals surface area contributed by atoms with E-state index in [0.717, 1.165) is 12.8 Å². The lowest BCUT2D eigenvalue weighted by Crippen LogP contribution is -2.31. The zero-order valence-corrected chi connectivity index (χ0v) is 14.6. The van der Waals surface area contributed by atoms with Gasteiger partial charge in [0.05, 0.1) is 11.5 Å². The van der Waals surface area contributed by atoms with Gasteiger partial charge in [-0.2, -0.15) is 0 Å². The molecule has 0 radical (unpaired) electrons. The lowest BCUT2D eigenvalue weighted by Gasteiger charge is -2.10. The van der Waals surface area contributed by atoms with Crippen LogP contribution in [0.3, 0.4) is 0 Å². The molecule has 0 aliphatic carbocycles. The van der Waals surface area contributed by atoms with Gasteiger partial charge in [0.25, 0.3) is 0 Å². The van der Waals surface area contributed by atoms with Gasteiger partial charge in [-0.1, -0.05) is 6.92 Å². The zero-order valence-electron chi connectivity index (χ0n) is 13.7. The highest BCUT2D eigenvalue weighted by Crippen LogP contribution is 2.16. The molecule has 0 saturated carbocycles. The quantitative estimate of drug-likeness (QED) is 0.625. The van der Waals surface area contributed by atoms with Gasteiger partial charge in [0, 0.05) is 19.2 Å². The minimum absolute atomic E-state index is 0.0304. The summed E-state index contributed by atoms with van der Waals surface area (Å²) >= 11 is 0. The number of sulfone groups is 1. The molecule has 0 heterocycles. The Kier molecular flexibility index (Phi) is 8.05. The maximum Gasteiger partial charge on any atom is 0.220 e. The van der Waals surface area contributed by atoms with E-state index in [2.05, 4.69) is 5.32 Å². The third kappa shape index (κ3) is 7.99. The van der Waals surface area contributed by atoms with E-state index in [9.17, 15) is 13.2 Å². The summed E-state index contributed by atoms with van der Waals surface area (Å²) in [5, 5.41) is 2.85. The number of amides is 1. The van der Waals surface area contributed by atoms with Crippen LogP contribution in [0.1, 0.15) is 26.2 Å². The van der Waals surface area contributed by atoms with Crippen molar-refractivity contribution in [2.24, 2.45) is 11.7 Å². The van der Waals surface area contributed by atoms with E-state index in [0.29, 0.717) is 31.9 Å². The molecule has 1 aromatic carbocycles. The van der Waals surface area contributed by atoms with Crippen LogP contribution in [-0.4, -0.2) is 40.3 Å². The summed E-state index contributed by atoms with van der Waals surface area (Å²) in [6.07, 6.45) is 3.13. The van der Waals surface area contributed by atoms with Gasteiger partial charge in [-0.25, -0.2) is 8.42 Å². The standard InChI is InChI=1S/C16H26N2O4S/c1-13(11-17)12-18-16(19)5-3-4-10-22-14-6-8-15(9-7-14)23(2,20)21/h6-9,13H,3-5,10-12,17H2,1-2H3,(H,18,19). The summed E-state index contributed by atoms with van der Waals surface area (Å²) < 4.78 is 28.2. The van der Waals surface area contributed by atoms with E-state index in [1.54, 1.807) is 12.1 Å². The van der Waals surface area contributed by atoms with Crippen LogP contribution in [0, 0.1) is 5.92 Å². The summed E-state index contributed by atoms with van der Waals surface area (Å²) in [4.78, 5) is 11.8. The molecular weight excluding hydrogens is 316 g/mol. The van der Waals surface area contributed by atoms with Gasteiger partial charge < -0.3 is 15.8 Å². The van der Waals surface area contributed by atoms with Gasteiger partial charge in [-0.15, -0.1) is 0 Å². The smallest absolute Gasteiger partial charge is 0.220 e. The van der Waals surface area contributed by atoms with Crippen molar-refractivity contribution in [3.8, 4) is 5.75 Å². The third-order valence-electron chi connectivity index (χ3n) is 3.37. The Bertz CT molecular complexity index is 585. The number of nitrogens with two attached hydrogens (primary N) is 1.